The molecule has 0 aliphatic heterocycles. The van der Waals surface area contributed by atoms with E-state index in [-0.39, 0.29) is 24.6 Å². The van der Waals surface area contributed by atoms with Crippen LogP contribution in [0.3, 0.4) is 0 Å². The van der Waals surface area contributed by atoms with Crippen LogP contribution >= 0.6 is 0 Å². The maximum Gasteiger partial charge on any atom is 0.320 e. The number of fused-ring (bicyclic) bond motifs is 2. The van der Waals surface area contributed by atoms with Gasteiger partial charge in [0.25, 0.3) is 0 Å². The average molecular weight is 265 g/mol. The molecule has 1 heterocycles. The lowest BCUT2D eigenvalue weighted by molar-refractivity contribution is 0.146. The quantitative estimate of drug-likeness (QED) is 0.773. The van der Waals surface area contributed by atoms with Crippen molar-refractivity contribution in [3.63, 3.8) is 0 Å². The third-order valence-corrected chi connectivity index (χ3v) is 4.47. The molecule has 2 fully saturated rings. The van der Waals surface area contributed by atoms with Crippen molar-refractivity contribution in [2.24, 2.45) is 17.8 Å². The van der Waals surface area contributed by atoms with Gasteiger partial charge in [0.05, 0.1) is 0 Å². The van der Waals surface area contributed by atoms with Crippen molar-refractivity contribution in [1.29, 1.82) is 0 Å². The first kappa shape index (κ1) is 12.5. The highest BCUT2D eigenvalue weighted by Gasteiger charge is 2.47. The Balaban J connectivity index is 1.60. The van der Waals surface area contributed by atoms with Gasteiger partial charge in [-0.25, -0.2) is 4.79 Å². The number of amides is 2. The van der Waals surface area contributed by atoms with Gasteiger partial charge in [0, 0.05) is 24.6 Å². The van der Waals surface area contributed by atoms with E-state index in [2.05, 4.69) is 15.8 Å². The standard InChI is InChI=1S/C13H19N3O3/c1-7-4-11(16-19-7)14-13(18)15-12-9-3-2-8(5-9)10(12)6-17/h4,8-10,12,17H,2-3,5-6H2,1H3,(H2,14,15,16,18). The lowest BCUT2D eigenvalue weighted by Gasteiger charge is -2.30. The van der Waals surface area contributed by atoms with Gasteiger partial charge < -0.3 is 14.9 Å². The smallest absolute Gasteiger partial charge is 0.320 e. The Morgan fingerprint density at radius 1 is 1.53 bits per heavy atom. The minimum atomic E-state index is -0.274. The zero-order valence-corrected chi connectivity index (χ0v) is 10.9. The second kappa shape index (κ2) is 4.85. The molecular weight excluding hydrogens is 246 g/mol. The number of nitrogens with one attached hydrogen (secondary N) is 2. The van der Waals surface area contributed by atoms with Crippen LogP contribution in [0, 0.1) is 24.7 Å². The summed E-state index contributed by atoms with van der Waals surface area (Å²) in [5, 5.41) is 18.8. The molecule has 4 atom stereocenters. The van der Waals surface area contributed by atoms with Gasteiger partial charge >= 0.3 is 6.03 Å². The molecule has 2 bridgehead atoms. The number of aromatic nitrogens is 1. The van der Waals surface area contributed by atoms with E-state index in [1.165, 1.54) is 6.42 Å². The van der Waals surface area contributed by atoms with E-state index in [4.69, 9.17) is 4.52 Å². The first-order chi connectivity index (χ1) is 9.17. The van der Waals surface area contributed by atoms with E-state index in [0.717, 1.165) is 12.8 Å². The fourth-order valence-corrected chi connectivity index (χ4v) is 3.63. The van der Waals surface area contributed by atoms with E-state index in [0.29, 0.717) is 23.4 Å². The molecule has 0 spiro atoms. The zero-order valence-electron chi connectivity index (χ0n) is 10.9. The van der Waals surface area contributed by atoms with Crippen molar-refractivity contribution in [3.05, 3.63) is 11.8 Å². The molecule has 2 saturated carbocycles. The molecule has 104 valence electrons. The average Bonchev–Trinajstić information content (AvgIpc) is 3.05. The number of carbonyl (C=O) groups excluding carboxylic acids is 1. The summed E-state index contributed by atoms with van der Waals surface area (Å²) in [6, 6.07) is 1.48. The van der Waals surface area contributed by atoms with Crippen LogP contribution < -0.4 is 10.6 Å². The summed E-state index contributed by atoms with van der Waals surface area (Å²) in [7, 11) is 0. The Morgan fingerprint density at radius 3 is 3.00 bits per heavy atom. The van der Waals surface area contributed by atoms with Crippen LogP contribution in [0.5, 0.6) is 0 Å². The maximum atomic E-state index is 11.9. The van der Waals surface area contributed by atoms with Crippen molar-refractivity contribution in [3.8, 4) is 0 Å². The van der Waals surface area contributed by atoms with Gasteiger partial charge in [0.15, 0.2) is 5.82 Å². The van der Waals surface area contributed by atoms with Gasteiger partial charge in [-0.3, -0.25) is 5.32 Å². The number of hydrogen-bond acceptors (Lipinski definition) is 4. The summed E-state index contributed by atoms with van der Waals surface area (Å²) in [6.07, 6.45) is 3.45. The molecule has 3 rings (SSSR count). The summed E-state index contributed by atoms with van der Waals surface area (Å²) in [5.74, 6) is 2.34. The van der Waals surface area contributed by atoms with Gasteiger partial charge in [-0.05, 0) is 38.0 Å². The van der Waals surface area contributed by atoms with E-state index < -0.39 is 0 Å². The Kier molecular flexibility index (Phi) is 3.18. The summed E-state index contributed by atoms with van der Waals surface area (Å²) >= 11 is 0. The second-order valence-corrected chi connectivity index (χ2v) is 5.63. The summed E-state index contributed by atoms with van der Waals surface area (Å²) in [4.78, 5) is 11.9. The maximum absolute atomic E-state index is 11.9. The molecule has 1 aromatic heterocycles. The lowest BCUT2D eigenvalue weighted by Crippen LogP contribution is -2.46. The van der Waals surface area contributed by atoms with Crippen LogP contribution in [0.2, 0.25) is 0 Å². The molecule has 0 radical (unpaired) electrons. The van der Waals surface area contributed by atoms with Crippen molar-refractivity contribution >= 4 is 11.8 Å². The molecular formula is C13H19N3O3. The number of aliphatic hydroxyl groups excluding tert-OH is 1. The highest BCUT2D eigenvalue weighted by Crippen LogP contribution is 2.48. The fourth-order valence-electron chi connectivity index (χ4n) is 3.63. The summed E-state index contributed by atoms with van der Waals surface area (Å²) < 4.78 is 4.89. The Labute approximate surface area is 111 Å². The van der Waals surface area contributed by atoms with Crippen molar-refractivity contribution in [2.75, 3.05) is 11.9 Å². The number of rotatable bonds is 3. The van der Waals surface area contributed by atoms with Crippen LogP contribution in [-0.2, 0) is 0 Å². The molecule has 3 N–H and O–H groups in total. The van der Waals surface area contributed by atoms with E-state index in [9.17, 15) is 9.90 Å². The predicted octanol–water partition coefficient (Wildman–Crippen LogP) is 1.51. The molecule has 4 unspecified atom stereocenters. The zero-order chi connectivity index (χ0) is 13.4. The topological polar surface area (TPSA) is 87.4 Å². The Hall–Kier alpha value is -1.56. The molecule has 2 aliphatic carbocycles. The van der Waals surface area contributed by atoms with Crippen molar-refractivity contribution in [2.45, 2.75) is 32.2 Å². The molecule has 0 aromatic carbocycles. The summed E-state index contributed by atoms with van der Waals surface area (Å²) in [6.45, 7) is 1.92. The van der Waals surface area contributed by atoms with Crippen LogP contribution in [0.25, 0.3) is 0 Å². The van der Waals surface area contributed by atoms with Crippen LogP contribution in [0.15, 0.2) is 10.6 Å². The van der Waals surface area contributed by atoms with Crippen molar-refractivity contribution in [1.82, 2.24) is 10.5 Å². The third kappa shape index (κ3) is 2.32. The minimum Gasteiger partial charge on any atom is -0.396 e. The number of anilines is 1. The molecule has 2 amide bonds. The van der Waals surface area contributed by atoms with Gasteiger partial charge in [-0.1, -0.05) is 5.16 Å². The largest absolute Gasteiger partial charge is 0.396 e. The lowest BCUT2D eigenvalue weighted by atomic mass is 9.85. The molecule has 19 heavy (non-hydrogen) atoms. The molecule has 6 heteroatoms. The fraction of sp³-hybridized carbons (Fsp3) is 0.692. The number of hydrogen-bond donors (Lipinski definition) is 3. The molecule has 0 saturated heterocycles. The second-order valence-electron chi connectivity index (χ2n) is 5.63. The minimum absolute atomic E-state index is 0.0803. The van der Waals surface area contributed by atoms with Gasteiger partial charge in [0.2, 0.25) is 0 Å². The van der Waals surface area contributed by atoms with Gasteiger partial charge in [0.1, 0.15) is 5.76 Å². The first-order valence-corrected chi connectivity index (χ1v) is 6.79. The first-order valence-electron chi connectivity index (χ1n) is 6.79. The number of aryl methyl sites for hydroxylation is 1. The van der Waals surface area contributed by atoms with Crippen LogP contribution in [0.4, 0.5) is 10.6 Å². The monoisotopic (exact) mass is 265 g/mol. The Morgan fingerprint density at radius 2 is 2.32 bits per heavy atom. The van der Waals surface area contributed by atoms with Crippen LogP contribution in [0.1, 0.15) is 25.0 Å². The van der Waals surface area contributed by atoms with E-state index >= 15 is 0 Å². The summed E-state index contributed by atoms with van der Waals surface area (Å²) in [5.41, 5.74) is 0. The molecule has 2 aliphatic rings. The number of nitrogens with zero attached hydrogens (tertiary/aromatic N) is 1. The van der Waals surface area contributed by atoms with Gasteiger partial charge in [-0.2, -0.15) is 0 Å². The van der Waals surface area contributed by atoms with Crippen LogP contribution in [-0.4, -0.2) is 28.9 Å². The highest BCUT2D eigenvalue weighted by molar-refractivity contribution is 5.88. The normalized spacial score (nSPS) is 32.5. The molecule has 1 aromatic rings. The number of aliphatic hydroxyl groups is 1. The van der Waals surface area contributed by atoms with E-state index in [1.54, 1.807) is 13.0 Å². The predicted molar refractivity (Wildman–Crippen MR) is 68.6 cm³/mol. The number of urea groups is 1. The number of carbonyl (C=O) groups is 1. The SMILES string of the molecule is Cc1cc(NC(=O)NC2C3CCC(C3)C2CO)no1. The Bertz CT molecular complexity index is 473. The van der Waals surface area contributed by atoms with Crippen molar-refractivity contribution < 1.29 is 14.4 Å². The molecule has 6 nitrogen and oxygen atoms in total. The highest BCUT2D eigenvalue weighted by atomic mass is 16.5. The third-order valence-electron chi connectivity index (χ3n) is 4.47. The van der Waals surface area contributed by atoms with E-state index in [1.807, 2.05) is 0 Å². The van der Waals surface area contributed by atoms with Gasteiger partial charge in [-0.15, -0.1) is 0 Å².